The Morgan fingerprint density at radius 3 is 2.26 bits per heavy atom. The lowest BCUT2D eigenvalue weighted by Crippen LogP contribution is -2.13. The third kappa shape index (κ3) is 5.39. The molecular weight excluding hydrogens is 542 g/mol. The first-order valence-corrected chi connectivity index (χ1v) is 10.7. The number of hydrogen-bond acceptors (Lipinski definition) is 7. The first-order valence-electron chi connectivity index (χ1n) is 10.7. The van der Waals surface area contributed by atoms with Gasteiger partial charge < -0.3 is 9.47 Å². The molecule has 0 saturated heterocycles. The van der Waals surface area contributed by atoms with Gasteiger partial charge in [-0.3, -0.25) is 0 Å². The van der Waals surface area contributed by atoms with E-state index in [0.717, 1.165) is 39.8 Å². The van der Waals surface area contributed by atoms with Crippen molar-refractivity contribution in [2.75, 3.05) is 13.7 Å². The van der Waals surface area contributed by atoms with Crippen LogP contribution in [0.5, 0.6) is 5.88 Å². The molecule has 3 heterocycles. The maximum atomic E-state index is 14.0. The minimum absolute atomic E-state index is 0. The van der Waals surface area contributed by atoms with Gasteiger partial charge in [0.25, 0.3) is 5.95 Å². The van der Waals surface area contributed by atoms with Gasteiger partial charge in [-0.1, -0.05) is 12.1 Å². The van der Waals surface area contributed by atoms with Gasteiger partial charge in [-0.05, 0) is 31.5 Å². The average Bonchev–Trinajstić information content (AvgIpc) is 3.48. The Morgan fingerprint density at radius 1 is 1.05 bits per heavy atom. The molecule has 4 aromatic rings. The summed E-state index contributed by atoms with van der Waals surface area (Å²) in [5.41, 5.74) is -2.85. The van der Waals surface area contributed by atoms with E-state index in [-0.39, 0.29) is 48.6 Å². The van der Waals surface area contributed by atoms with Gasteiger partial charge in [0.15, 0.2) is 11.2 Å². The van der Waals surface area contributed by atoms with Crippen molar-refractivity contribution in [3.05, 3.63) is 59.0 Å². The quantitative estimate of drug-likeness (QED) is 0.242. The molecule has 0 N–H and O–H groups in total. The number of ether oxygens (including phenoxy) is 2. The number of benzene rings is 1. The second kappa shape index (κ2) is 10.5. The van der Waals surface area contributed by atoms with Crippen LogP contribution < -0.4 is 4.74 Å². The van der Waals surface area contributed by atoms with Gasteiger partial charge in [0, 0.05) is 6.20 Å². The van der Waals surface area contributed by atoms with E-state index < -0.39 is 41.1 Å². The van der Waals surface area contributed by atoms with Crippen LogP contribution >= 0.6 is 13.5 Å². The normalized spacial score (nSPS) is 12.8. The monoisotopic (exact) mass is 562 g/mol. The molecule has 0 amide bonds. The number of esters is 1. The lowest BCUT2D eigenvalue weighted by Gasteiger charge is -2.16. The predicted molar refractivity (Wildman–Crippen MR) is 126 cm³/mol. The molecule has 0 fully saturated rings. The van der Waals surface area contributed by atoms with Crippen LogP contribution in [-0.2, 0) is 17.1 Å². The SMILES string of the molecule is CCOC(=O)c1cnn(-c2nc(OC)c3c(n2)c(C(F)(F)F)nn3[C@@H](C)c2ccc(C(F)(F)F)cc2)c1.S. The van der Waals surface area contributed by atoms with Crippen molar-refractivity contribution < 1.29 is 40.6 Å². The fraction of sp³-hybridized carbons (Fsp3) is 0.318. The van der Waals surface area contributed by atoms with Crippen molar-refractivity contribution in [1.29, 1.82) is 0 Å². The summed E-state index contributed by atoms with van der Waals surface area (Å²) < 4.78 is 92.7. The average molecular weight is 562 g/mol. The van der Waals surface area contributed by atoms with Crippen molar-refractivity contribution in [1.82, 2.24) is 29.5 Å². The lowest BCUT2D eigenvalue weighted by atomic mass is 10.1. The molecule has 1 atom stereocenters. The van der Waals surface area contributed by atoms with Gasteiger partial charge in [0.05, 0.1) is 37.1 Å². The maximum Gasteiger partial charge on any atom is 0.437 e. The third-order valence-corrected chi connectivity index (χ3v) is 5.35. The highest BCUT2D eigenvalue weighted by atomic mass is 32.1. The molecule has 0 saturated carbocycles. The largest absolute Gasteiger partial charge is 0.479 e. The number of carbonyl (C=O) groups excluding carboxylic acids is 1. The zero-order valence-corrected chi connectivity index (χ0v) is 20.9. The van der Waals surface area contributed by atoms with Crippen LogP contribution in [-0.4, -0.2) is 49.2 Å². The first kappa shape index (κ1) is 28.7. The fourth-order valence-electron chi connectivity index (χ4n) is 3.56. The van der Waals surface area contributed by atoms with Gasteiger partial charge >= 0.3 is 18.3 Å². The van der Waals surface area contributed by atoms with Crippen molar-refractivity contribution in [3.63, 3.8) is 0 Å². The number of halogens is 6. The van der Waals surface area contributed by atoms with Crippen LogP contribution in [0.15, 0.2) is 36.7 Å². The first-order chi connectivity index (χ1) is 17.3. The van der Waals surface area contributed by atoms with E-state index in [1.54, 1.807) is 6.92 Å². The molecule has 0 aliphatic carbocycles. The highest BCUT2D eigenvalue weighted by Gasteiger charge is 2.40. The Balaban J connectivity index is 0.00000400. The molecule has 0 unspecified atom stereocenters. The highest BCUT2D eigenvalue weighted by Crippen LogP contribution is 2.38. The fourth-order valence-corrected chi connectivity index (χ4v) is 3.56. The Morgan fingerprint density at radius 2 is 1.71 bits per heavy atom. The van der Waals surface area contributed by atoms with Crippen molar-refractivity contribution in [2.24, 2.45) is 0 Å². The predicted octanol–water partition coefficient (Wildman–Crippen LogP) is 4.96. The molecule has 0 aliphatic heterocycles. The molecule has 1 aromatic carbocycles. The number of alkyl halides is 6. The van der Waals surface area contributed by atoms with E-state index in [1.807, 2.05) is 0 Å². The van der Waals surface area contributed by atoms with Crippen LogP contribution in [0.2, 0.25) is 0 Å². The molecule has 0 radical (unpaired) electrons. The molecule has 0 aliphatic rings. The third-order valence-electron chi connectivity index (χ3n) is 5.35. The molecule has 4 rings (SSSR count). The summed E-state index contributed by atoms with van der Waals surface area (Å²) in [5, 5.41) is 7.61. The molecule has 0 spiro atoms. The summed E-state index contributed by atoms with van der Waals surface area (Å²) in [6.07, 6.45) is -7.20. The van der Waals surface area contributed by atoms with E-state index in [9.17, 15) is 31.1 Å². The van der Waals surface area contributed by atoms with Gasteiger partial charge in [-0.2, -0.15) is 55.0 Å². The van der Waals surface area contributed by atoms with Gasteiger partial charge in [-0.25, -0.2) is 19.1 Å². The van der Waals surface area contributed by atoms with Crippen molar-refractivity contribution >= 4 is 30.5 Å². The lowest BCUT2D eigenvalue weighted by molar-refractivity contribution is -0.140. The van der Waals surface area contributed by atoms with Crippen LogP contribution in [0, 0.1) is 0 Å². The summed E-state index contributed by atoms with van der Waals surface area (Å²) in [6.45, 7) is 3.17. The minimum Gasteiger partial charge on any atom is -0.479 e. The number of nitrogens with zero attached hydrogens (tertiary/aromatic N) is 6. The second-order valence-corrected chi connectivity index (χ2v) is 7.71. The maximum absolute atomic E-state index is 14.0. The Hall–Kier alpha value is -3.82. The summed E-state index contributed by atoms with van der Waals surface area (Å²) in [6, 6.07) is 3.00. The molecule has 3 aromatic heterocycles. The van der Waals surface area contributed by atoms with Crippen LogP contribution in [0.1, 0.15) is 47.1 Å². The van der Waals surface area contributed by atoms with E-state index in [2.05, 4.69) is 20.2 Å². The summed E-state index contributed by atoms with van der Waals surface area (Å²) >= 11 is 0. The Bertz CT molecular complexity index is 1450. The molecule has 9 nitrogen and oxygen atoms in total. The molecule has 38 heavy (non-hydrogen) atoms. The Labute approximate surface area is 217 Å². The number of methoxy groups -OCH3 is 1. The number of rotatable bonds is 6. The zero-order chi connectivity index (χ0) is 27.1. The van der Waals surface area contributed by atoms with Gasteiger partial charge in [-0.15, -0.1) is 0 Å². The second-order valence-electron chi connectivity index (χ2n) is 7.71. The van der Waals surface area contributed by atoms with Crippen LogP contribution in [0.3, 0.4) is 0 Å². The van der Waals surface area contributed by atoms with Crippen molar-refractivity contribution in [3.8, 4) is 11.8 Å². The van der Waals surface area contributed by atoms with E-state index in [1.165, 1.54) is 20.2 Å². The standard InChI is InChI=1S/C22H18F6N6O3.H2S/c1-4-37-19(35)13-9-29-33(10-13)20-30-15-16(18(31-20)36-3)34(32-17(15)22(26,27)28)11(2)12-5-7-14(8-6-12)21(23,24)25;/h5-11H,4H2,1-3H3;1H2/t11-;/m0./s1. The number of carbonyl (C=O) groups is 1. The number of hydrogen-bond donors (Lipinski definition) is 0. The van der Waals surface area contributed by atoms with Gasteiger partial charge in [0.1, 0.15) is 5.52 Å². The molecule has 204 valence electrons. The number of aromatic nitrogens is 6. The summed E-state index contributed by atoms with van der Waals surface area (Å²) in [5.74, 6) is -1.34. The molecule has 16 heteroatoms. The van der Waals surface area contributed by atoms with E-state index >= 15 is 0 Å². The Kier molecular flexibility index (Phi) is 7.95. The topological polar surface area (TPSA) is 96.9 Å². The minimum atomic E-state index is -4.94. The van der Waals surface area contributed by atoms with Crippen molar-refractivity contribution in [2.45, 2.75) is 32.2 Å². The van der Waals surface area contributed by atoms with Gasteiger partial charge in [0.2, 0.25) is 5.88 Å². The summed E-state index contributed by atoms with van der Waals surface area (Å²) in [4.78, 5) is 20.0. The van der Waals surface area contributed by atoms with E-state index in [4.69, 9.17) is 9.47 Å². The number of fused-ring (bicyclic) bond motifs is 1. The molecular formula is C22H20F6N6O3S. The highest BCUT2D eigenvalue weighted by molar-refractivity contribution is 7.59. The summed E-state index contributed by atoms with van der Waals surface area (Å²) in [7, 11) is 1.17. The van der Waals surface area contributed by atoms with Crippen LogP contribution in [0.4, 0.5) is 26.3 Å². The molecule has 0 bridgehead atoms. The van der Waals surface area contributed by atoms with Crippen LogP contribution in [0.25, 0.3) is 17.0 Å². The smallest absolute Gasteiger partial charge is 0.437 e. The van der Waals surface area contributed by atoms with E-state index in [0.29, 0.717) is 0 Å². The zero-order valence-electron chi connectivity index (χ0n) is 19.9.